The SMILES string of the molecule is CC1CC(C)C(C)N(CCC(C)(NC2CC2)C(=O)O)C1. The second kappa shape index (κ2) is 6.02. The lowest BCUT2D eigenvalue weighted by Crippen LogP contribution is -2.54. The van der Waals surface area contributed by atoms with E-state index in [0.29, 0.717) is 30.3 Å². The first-order chi connectivity index (χ1) is 9.32. The molecule has 2 fully saturated rings. The van der Waals surface area contributed by atoms with Gasteiger partial charge in [-0.2, -0.15) is 0 Å². The summed E-state index contributed by atoms with van der Waals surface area (Å²) in [5, 5.41) is 12.8. The van der Waals surface area contributed by atoms with Gasteiger partial charge in [0, 0.05) is 25.2 Å². The molecule has 20 heavy (non-hydrogen) atoms. The molecule has 0 radical (unpaired) electrons. The van der Waals surface area contributed by atoms with Crippen molar-refractivity contribution in [1.29, 1.82) is 0 Å². The van der Waals surface area contributed by atoms with Crippen LogP contribution in [0.5, 0.6) is 0 Å². The van der Waals surface area contributed by atoms with E-state index in [1.807, 2.05) is 6.92 Å². The van der Waals surface area contributed by atoms with Crippen LogP contribution in [0.2, 0.25) is 0 Å². The fourth-order valence-corrected chi connectivity index (χ4v) is 3.41. The van der Waals surface area contributed by atoms with Gasteiger partial charge in [-0.1, -0.05) is 13.8 Å². The number of carbonyl (C=O) groups is 1. The fourth-order valence-electron chi connectivity index (χ4n) is 3.41. The lowest BCUT2D eigenvalue weighted by molar-refractivity contribution is -0.144. The number of piperidine rings is 1. The largest absolute Gasteiger partial charge is 0.480 e. The maximum Gasteiger partial charge on any atom is 0.323 e. The van der Waals surface area contributed by atoms with Gasteiger partial charge in [-0.05, 0) is 51.4 Å². The van der Waals surface area contributed by atoms with Gasteiger partial charge in [-0.3, -0.25) is 10.1 Å². The van der Waals surface area contributed by atoms with E-state index in [-0.39, 0.29) is 0 Å². The van der Waals surface area contributed by atoms with E-state index in [2.05, 4.69) is 31.0 Å². The number of nitrogens with one attached hydrogen (secondary N) is 1. The van der Waals surface area contributed by atoms with E-state index in [1.165, 1.54) is 6.42 Å². The van der Waals surface area contributed by atoms with Crippen molar-refractivity contribution in [2.24, 2.45) is 11.8 Å². The second-order valence-electron chi connectivity index (χ2n) is 7.36. The molecule has 2 N–H and O–H groups in total. The van der Waals surface area contributed by atoms with Crippen molar-refractivity contribution < 1.29 is 9.90 Å². The van der Waals surface area contributed by atoms with Crippen molar-refractivity contribution in [1.82, 2.24) is 10.2 Å². The molecule has 0 aromatic carbocycles. The molecule has 116 valence electrons. The van der Waals surface area contributed by atoms with Crippen LogP contribution in [0.4, 0.5) is 0 Å². The third-order valence-corrected chi connectivity index (χ3v) is 5.19. The summed E-state index contributed by atoms with van der Waals surface area (Å²) in [7, 11) is 0. The van der Waals surface area contributed by atoms with Gasteiger partial charge in [0.15, 0.2) is 0 Å². The number of hydrogen-bond acceptors (Lipinski definition) is 3. The molecular weight excluding hydrogens is 252 g/mol. The minimum Gasteiger partial charge on any atom is -0.480 e. The third-order valence-electron chi connectivity index (χ3n) is 5.19. The van der Waals surface area contributed by atoms with Crippen LogP contribution in [-0.4, -0.2) is 46.7 Å². The predicted molar refractivity (Wildman–Crippen MR) is 80.8 cm³/mol. The molecule has 0 amide bonds. The highest BCUT2D eigenvalue weighted by atomic mass is 16.4. The number of rotatable bonds is 6. The zero-order chi connectivity index (χ0) is 14.9. The summed E-state index contributed by atoms with van der Waals surface area (Å²) in [6, 6.07) is 0.984. The van der Waals surface area contributed by atoms with E-state index in [9.17, 15) is 9.90 Å². The fraction of sp³-hybridized carbons (Fsp3) is 0.938. The Labute approximate surface area is 122 Å². The molecule has 4 heteroatoms. The third kappa shape index (κ3) is 3.73. The Balaban J connectivity index is 1.92. The van der Waals surface area contributed by atoms with E-state index < -0.39 is 11.5 Å². The molecule has 4 atom stereocenters. The standard InChI is InChI=1S/C16H30N2O2/c1-11-9-12(2)13(3)18(10-11)8-7-16(4,15(19)20)17-14-5-6-14/h11-14,17H,5-10H2,1-4H3,(H,19,20). The van der Waals surface area contributed by atoms with Crippen molar-refractivity contribution in [2.45, 2.75) is 71.0 Å². The Morgan fingerprint density at radius 2 is 2.00 bits per heavy atom. The molecule has 1 aliphatic carbocycles. The van der Waals surface area contributed by atoms with Crippen LogP contribution in [-0.2, 0) is 4.79 Å². The molecule has 2 aliphatic rings. The molecule has 1 saturated carbocycles. The smallest absolute Gasteiger partial charge is 0.323 e. The van der Waals surface area contributed by atoms with Gasteiger partial charge in [0.1, 0.15) is 5.54 Å². The number of nitrogens with zero attached hydrogens (tertiary/aromatic N) is 1. The Morgan fingerprint density at radius 3 is 2.55 bits per heavy atom. The Kier molecular flexibility index (Phi) is 4.75. The molecule has 0 aromatic heterocycles. The number of carboxylic acids is 1. The highest BCUT2D eigenvalue weighted by Crippen LogP contribution is 2.29. The summed E-state index contributed by atoms with van der Waals surface area (Å²) < 4.78 is 0. The topological polar surface area (TPSA) is 52.6 Å². The molecule has 2 rings (SSSR count). The monoisotopic (exact) mass is 282 g/mol. The van der Waals surface area contributed by atoms with Crippen molar-refractivity contribution in [3.63, 3.8) is 0 Å². The van der Waals surface area contributed by atoms with Gasteiger partial charge >= 0.3 is 5.97 Å². The van der Waals surface area contributed by atoms with Gasteiger partial charge in [0.2, 0.25) is 0 Å². The summed E-state index contributed by atoms with van der Waals surface area (Å²) in [5.41, 5.74) is -0.773. The Hall–Kier alpha value is -0.610. The first-order valence-electron chi connectivity index (χ1n) is 8.07. The number of hydrogen-bond donors (Lipinski definition) is 2. The number of aliphatic carboxylic acids is 1. The van der Waals surface area contributed by atoms with E-state index in [0.717, 1.165) is 25.9 Å². The predicted octanol–water partition coefficient (Wildman–Crippen LogP) is 2.34. The Bertz CT molecular complexity index is 356. The molecule has 1 heterocycles. The van der Waals surface area contributed by atoms with Crippen molar-refractivity contribution in [3.8, 4) is 0 Å². The van der Waals surface area contributed by atoms with Crippen LogP contribution in [0.25, 0.3) is 0 Å². The van der Waals surface area contributed by atoms with Crippen LogP contribution in [0.15, 0.2) is 0 Å². The van der Waals surface area contributed by atoms with Gasteiger partial charge < -0.3 is 10.0 Å². The molecule has 1 aliphatic heterocycles. The molecule has 0 bridgehead atoms. The van der Waals surface area contributed by atoms with Crippen LogP contribution >= 0.6 is 0 Å². The summed E-state index contributed by atoms with van der Waals surface area (Å²) in [4.78, 5) is 14.1. The summed E-state index contributed by atoms with van der Waals surface area (Å²) in [6.45, 7) is 10.7. The second-order valence-corrected chi connectivity index (χ2v) is 7.36. The molecule has 4 unspecified atom stereocenters. The first kappa shape index (κ1) is 15.8. The lowest BCUT2D eigenvalue weighted by Gasteiger charge is -2.42. The van der Waals surface area contributed by atoms with Crippen molar-refractivity contribution >= 4 is 5.97 Å². The number of likely N-dealkylation sites (tertiary alicyclic amines) is 1. The lowest BCUT2D eigenvalue weighted by atomic mass is 9.85. The van der Waals surface area contributed by atoms with Crippen LogP contribution in [0.1, 0.15) is 53.4 Å². The van der Waals surface area contributed by atoms with E-state index in [4.69, 9.17) is 0 Å². The molecule has 0 spiro atoms. The highest BCUT2D eigenvalue weighted by Gasteiger charge is 2.39. The molecule has 1 saturated heterocycles. The summed E-state index contributed by atoms with van der Waals surface area (Å²) >= 11 is 0. The normalized spacial score (nSPS) is 34.7. The molecule has 0 aromatic rings. The minimum absolute atomic E-state index is 0.424. The quantitative estimate of drug-likeness (QED) is 0.785. The van der Waals surface area contributed by atoms with E-state index in [1.54, 1.807) is 0 Å². The summed E-state index contributed by atoms with van der Waals surface area (Å²) in [6.07, 6.45) is 4.21. The zero-order valence-corrected chi connectivity index (χ0v) is 13.4. The molecule has 4 nitrogen and oxygen atoms in total. The highest BCUT2D eigenvalue weighted by molar-refractivity contribution is 5.78. The summed E-state index contributed by atoms with van der Waals surface area (Å²) in [5.74, 6) is 0.704. The van der Waals surface area contributed by atoms with Gasteiger partial charge in [-0.25, -0.2) is 0 Å². The van der Waals surface area contributed by atoms with E-state index >= 15 is 0 Å². The number of carboxylic acid groups (broad SMARTS) is 1. The van der Waals surface area contributed by atoms with Crippen LogP contribution in [0, 0.1) is 11.8 Å². The van der Waals surface area contributed by atoms with Crippen molar-refractivity contribution in [2.75, 3.05) is 13.1 Å². The maximum absolute atomic E-state index is 11.6. The van der Waals surface area contributed by atoms with Crippen LogP contribution < -0.4 is 5.32 Å². The zero-order valence-electron chi connectivity index (χ0n) is 13.4. The first-order valence-corrected chi connectivity index (χ1v) is 8.07. The Morgan fingerprint density at radius 1 is 1.35 bits per heavy atom. The van der Waals surface area contributed by atoms with Gasteiger partial charge in [0.05, 0.1) is 0 Å². The average Bonchev–Trinajstić information content (AvgIpc) is 3.15. The average molecular weight is 282 g/mol. The molecular formula is C16H30N2O2. The van der Waals surface area contributed by atoms with Gasteiger partial charge in [-0.15, -0.1) is 0 Å². The minimum atomic E-state index is -0.773. The van der Waals surface area contributed by atoms with Gasteiger partial charge in [0.25, 0.3) is 0 Å². The van der Waals surface area contributed by atoms with Crippen molar-refractivity contribution in [3.05, 3.63) is 0 Å². The maximum atomic E-state index is 11.6. The van der Waals surface area contributed by atoms with Crippen LogP contribution in [0.3, 0.4) is 0 Å².